The van der Waals surface area contributed by atoms with E-state index in [4.69, 9.17) is 9.15 Å². The Bertz CT molecular complexity index is 971. The molecule has 2 heterocycles. The Balaban J connectivity index is 1.49. The Morgan fingerprint density at radius 3 is 2.82 bits per heavy atom. The standard InChI is InChI=1S/C21H20FN3O3/c1-27-18-6-2-4-15(12-18)19-23-24-20(28-19)16-5-3-11-25(13-16)21(26)14-7-9-17(22)10-8-14/h2,4,6-10,12,16H,3,5,11,13H2,1H3. The molecule has 1 aliphatic heterocycles. The molecule has 0 spiro atoms. The number of likely N-dealkylation sites (tertiary alicyclic amines) is 1. The molecular formula is C21H20FN3O3. The van der Waals surface area contributed by atoms with Crippen molar-refractivity contribution in [1.82, 2.24) is 15.1 Å². The van der Waals surface area contributed by atoms with Crippen LogP contribution in [0.15, 0.2) is 52.9 Å². The maximum Gasteiger partial charge on any atom is 0.253 e. The first-order valence-corrected chi connectivity index (χ1v) is 9.16. The number of rotatable bonds is 4. The fourth-order valence-corrected chi connectivity index (χ4v) is 3.41. The van der Waals surface area contributed by atoms with Crippen LogP contribution in [0.25, 0.3) is 11.5 Å². The average molecular weight is 381 g/mol. The van der Waals surface area contributed by atoms with E-state index in [1.54, 1.807) is 12.0 Å². The topological polar surface area (TPSA) is 68.5 Å². The Kier molecular flexibility index (Phi) is 5.06. The smallest absolute Gasteiger partial charge is 0.253 e. The molecule has 0 bridgehead atoms. The second kappa shape index (κ2) is 7.80. The highest BCUT2D eigenvalue weighted by molar-refractivity contribution is 5.94. The monoisotopic (exact) mass is 381 g/mol. The summed E-state index contributed by atoms with van der Waals surface area (Å²) in [6.45, 7) is 1.15. The molecule has 1 aromatic heterocycles. The van der Waals surface area contributed by atoms with Crippen LogP contribution < -0.4 is 4.74 Å². The van der Waals surface area contributed by atoms with Crippen molar-refractivity contribution in [3.63, 3.8) is 0 Å². The molecule has 3 aromatic rings. The summed E-state index contributed by atoms with van der Waals surface area (Å²) in [5.41, 5.74) is 1.26. The number of benzene rings is 2. The highest BCUT2D eigenvalue weighted by Gasteiger charge is 2.29. The molecule has 1 aliphatic rings. The number of hydrogen-bond acceptors (Lipinski definition) is 5. The van der Waals surface area contributed by atoms with Gasteiger partial charge in [-0.3, -0.25) is 4.79 Å². The van der Waals surface area contributed by atoms with Crippen molar-refractivity contribution in [2.45, 2.75) is 18.8 Å². The molecule has 1 fully saturated rings. The number of aromatic nitrogens is 2. The summed E-state index contributed by atoms with van der Waals surface area (Å²) < 4.78 is 24.2. The van der Waals surface area contributed by atoms with E-state index in [1.807, 2.05) is 24.3 Å². The molecule has 7 heteroatoms. The number of amides is 1. The Hall–Kier alpha value is -3.22. The second-order valence-corrected chi connectivity index (χ2v) is 6.77. The fraction of sp³-hybridized carbons (Fsp3) is 0.286. The van der Waals surface area contributed by atoms with Gasteiger partial charge in [0, 0.05) is 24.2 Å². The molecule has 0 aliphatic carbocycles. The first kappa shape index (κ1) is 18.2. The predicted molar refractivity (Wildman–Crippen MR) is 101 cm³/mol. The number of carbonyl (C=O) groups is 1. The van der Waals surface area contributed by atoms with Gasteiger partial charge in [-0.1, -0.05) is 6.07 Å². The van der Waals surface area contributed by atoms with Gasteiger partial charge in [-0.05, 0) is 55.3 Å². The highest BCUT2D eigenvalue weighted by Crippen LogP contribution is 2.30. The zero-order valence-electron chi connectivity index (χ0n) is 15.5. The number of piperidine rings is 1. The van der Waals surface area contributed by atoms with E-state index in [9.17, 15) is 9.18 Å². The third-order valence-electron chi connectivity index (χ3n) is 4.91. The zero-order chi connectivity index (χ0) is 19.5. The molecule has 6 nitrogen and oxygen atoms in total. The van der Waals surface area contributed by atoms with E-state index < -0.39 is 0 Å². The first-order chi connectivity index (χ1) is 13.6. The number of halogens is 1. The van der Waals surface area contributed by atoms with Crippen molar-refractivity contribution >= 4 is 5.91 Å². The lowest BCUT2D eigenvalue weighted by molar-refractivity contribution is 0.0698. The molecular weight excluding hydrogens is 361 g/mol. The van der Waals surface area contributed by atoms with Gasteiger partial charge in [0.25, 0.3) is 5.91 Å². The third-order valence-corrected chi connectivity index (χ3v) is 4.91. The molecule has 2 aromatic carbocycles. The molecule has 0 radical (unpaired) electrons. The van der Waals surface area contributed by atoms with Crippen molar-refractivity contribution in [3.8, 4) is 17.2 Å². The van der Waals surface area contributed by atoms with E-state index in [0.29, 0.717) is 36.2 Å². The fourth-order valence-electron chi connectivity index (χ4n) is 3.41. The Morgan fingerprint density at radius 1 is 1.21 bits per heavy atom. The van der Waals surface area contributed by atoms with Crippen LogP contribution in [0.4, 0.5) is 4.39 Å². The quantitative estimate of drug-likeness (QED) is 0.686. The van der Waals surface area contributed by atoms with Crippen LogP contribution in [0, 0.1) is 5.82 Å². The van der Waals surface area contributed by atoms with Gasteiger partial charge in [0.15, 0.2) is 0 Å². The van der Waals surface area contributed by atoms with E-state index in [0.717, 1.165) is 18.4 Å². The second-order valence-electron chi connectivity index (χ2n) is 6.77. The van der Waals surface area contributed by atoms with Gasteiger partial charge in [0.1, 0.15) is 11.6 Å². The summed E-state index contributed by atoms with van der Waals surface area (Å²) >= 11 is 0. The summed E-state index contributed by atoms with van der Waals surface area (Å²) in [6, 6.07) is 13.0. The lowest BCUT2D eigenvalue weighted by Crippen LogP contribution is -2.39. The summed E-state index contributed by atoms with van der Waals surface area (Å²) in [6.07, 6.45) is 1.71. The minimum absolute atomic E-state index is 0.0231. The van der Waals surface area contributed by atoms with Crippen LogP contribution in [-0.4, -0.2) is 41.2 Å². The van der Waals surface area contributed by atoms with Crippen molar-refractivity contribution in [1.29, 1.82) is 0 Å². The van der Waals surface area contributed by atoms with Gasteiger partial charge in [-0.2, -0.15) is 0 Å². The van der Waals surface area contributed by atoms with E-state index in [-0.39, 0.29) is 17.6 Å². The van der Waals surface area contributed by atoms with Crippen molar-refractivity contribution in [3.05, 3.63) is 65.8 Å². The van der Waals surface area contributed by atoms with Gasteiger partial charge in [-0.25, -0.2) is 4.39 Å². The maximum absolute atomic E-state index is 13.1. The lowest BCUT2D eigenvalue weighted by atomic mass is 9.97. The van der Waals surface area contributed by atoms with Crippen LogP contribution in [0.5, 0.6) is 5.75 Å². The molecule has 1 saturated heterocycles. The van der Waals surface area contributed by atoms with Gasteiger partial charge in [-0.15, -0.1) is 10.2 Å². The van der Waals surface area contributed by atoms with Crippen molar-refractivity contribution < 1.29 is 18.3 Å². The van der Waals surface area contributed by atoms with E-state index in [1.165, 1.54) is 24.3 Å². The van der Waals surface area contributed by atoms with Gasteiger partial charge >= 0.3 is 0 Å². The van der Waals surface area contributed by atoms with Gasteiger partial charge in [0.05, 0.1) is 13.0 Å². The summed E-state index contributed by atoms with van der Waals surface area (Å²) in [5.74, 6) is 1.17. The first-order valence-electron chi connectivity index (χ1n) is 9.16. The zero-order valence-corrected chi connectivity index (χ0v) is 15.5. The molecule has 1 atom stereocenters. The molecule has 4 rings (SSSR count). The van der Waals surface area contributed by atoms with Crippen LogP contribution in [-0.2, 0) is 0 Å². The Labute approximate surface area is 161 Å². The third kappa shape index (κ3) is 3.74. The SMILES string of the molecule is COc1cccc(-c2nnc(C3CCCN(C(=O)c4ccc(F)cc4)C3)o2)c1. The van der Waals surface area contributed by atoms with Crippen molar-refractivity contribution in [2.24, 2.45) is 0 Å². The minimum Gasteiger partial charge on any atom is -0.497 e. The van der Waals surface area contributed by atoms with Crippen LogP contribution >= 0.6 is 0 Å². The average Bonchev–Trinajstić information content (AvgIpc) is 3.24. The predicted octanol–water partition coefficient (Wildman–Crippen LogP) is 3.90. The number of hydrogen-bond donors (Lipinski definition) is 0. The lowest BCUT2D eigenvalue weighted by Gasteiger charge is -2.31. The molecule has 28 heavy (non-hydrogen) atoms. The Morgan fingerprint density at radius 2 is 2.04 bits per heavy atom. The molecule has 0 saturated carbocycles. The molecule has 0 N–H and O–H groups in total. The van der Waals surface area contributed by atoms with Crippen LogP contribution in [0.3, 0.4) is 0 Å². The van der Waals surface area contributed by atoms with E-state index >= 15 is 0 Å². The molecule has 1 amide bonds. The molecule has 1 unspecified atom stereocenters. The number of ether oxygens (including phenoxy) is 1. The van der Waals surface area contributed by atoms with E-state index in [2.05, 4.69) is 10.2 Å². The van der Waals surface area contributed by atoms with Crippen LogP contribution in [0.1, 0.15) is 35.0 Å². The molecule has 144 valence electrons. The number of carbonyl (C=O) groups excluding carboxylic acids is 1. The van der Waals surface area contributed by atoms with Crippen molar-refractivity contribution in [2.75, 3.05) is 20.2 Å². The normalized spacial score (nSPS) is 16.8. The minimum atomic E-state index is -0.357. The maximum atomic E-state index is 13.1. The highest BCUT2D eigenvalue weighted by atomic mass is 19.1. The van der Waals surface area contributed by atoms with Gasteiger partial charge < -0.3 is 14.1 Å². The summed E-state index contributed by atoms with van der Waals surface area (Å²) in [5, 5.41) is 8.36. The number of methoxy groups -OCH3 is 1. The summed E-state index contributed by atoms with van der Waals surface area (Å²) in [7, 11) is 1.60. The largest absolute Gasteiger partial charge is 0.497 e. The van der Waals surface area contributed by atoms with Gasteiger partial charge in [0.2, 0.25) is 11.8 Å². The van der Waals surface area contributed by atoms with Crippen LogP contribution in [0.2, 0.25) is 0 Å². The number of nitrogens with zero attached hydrogens (tertiary/aromatic N) is 3. The summed E-state index contributed by atoms with van der Waals surface area (Å²) in [4.78, 5) is 14.5.